The number of nitrogens with one attached hydrogen (secondary N) is 1. The Morgan fingerprint density at radius 3 is 2.75 bits per heavy atom. The van der Waals surface area contributed by atoms with Gasteiger partial charge >= 0.3 is 0 Å². The highest BCUT2D eigenvalue weighted by molar-refractivity contribution is 6.30. The van der Waals surface area contributed by atoms with Crippen molar-refractivity contribution in [1.82, 2.24) is 10.3 Å². The number of nitrogens with zero attached hydrogens (tertiary/aromatic N) is 1. The zero-order valence-corrected chi connectivity index (χ0v) is 9.79. The van der Waals surface area contributed by atoms with Crippen LogP contribution in [0.3, 0.4) is 0 Å². The molecule has 0 aliphatic rings. The van der Waals surface area contributed by atoms with Crippen LogP contribution in [-0.4, -0.2) is 11.5 Å². The van der Waals surface area contributed by atoms with E-state index >= 15 is 0 Å². The van der Waals surface area contributed by atoms with Gasteiger partial charge in [-0.05, 0) is 30.8 Å². The molecule has 0 fully saturated rings. The minimum absolute atomic E-state index is 0.629. The van der Waals surface area contributed by atoms with Crippen molar-refractivity contribution in [3.63, 3.8) is 0 Å². The van der Waals surface area contributed by atoms with Gasteiger partial charge in [-0.25, -0.2) is 4.98 Å². The molecular weight excluding hydrogens is 224 g/mol. The van der Waals surface area contributed by atoms with Gasteiger partial charge < -0.3 is 9.73 Å². The number of benzene rings is 1. The molecule has 3 nitrogen and oxygen atoms in total. The molecule has 0 saturated heterocycles. The summed E-state index contributed by atoms with van der Waals surface area (Å²) in [4.78, 5) is 4.38. The summed E-state index contributed by atoms with van der Waals surface area (Å²) in [5, 5.41) is 3.91. The summed E-state index contributed by atoms with van der Waals surface area (Å²) >= 11 is 5.81. The van der Waals surface area contributed by atoms with Gasteiger partial charge in [0.25, 0.3) is 0 Å². The molecule has 0 unspecified atom stereocenters. The van der Waals surface area contributed by atoms with E-state index in [4.69, 9.17) is 16.0 Å². The van der Waals surface area contributed by atoms with Gasteiger partial charge in [-0.15, -0.1) is 0 Å². The second kappa shape index (κ2) is 5.14. The number of hydrogen-bond donors (Lipinski definition) is 1. The predicted molar refractivity (Wildman–Crippen MR) is 64.3 cm³/mol. The van der Waals surface area contributed by atoms with Crippen molar-refractivity contribution in [2.75, 3.05) is 6.54 Å². The maximum Gasteiger partial charge on any atom is 0.226 e. The number of oxazole rings is 1. The third kappa shape index (κ3) is 2.62. The van der Waals surface area contributed by atoms with Crippen molar-refractivity contribution >= 4 is 11.6 Å². The lowest BCUT2D eigenvalue weighted by molar-refractivity contribution is 0.570. The van der Waals surface area contributed by atoms with Gasteiger partial charge in [0.1, 0.15) is 6.26 Å². The fourth-order valence-electron chi connectivity index (χ4n) is 1.37. The van der Waals surface area contributed by atoms with Gasteiger partial charge in [0, 0.05) is 17.1 Å². The molecule has 1 heterocycles. The Bertz CT molecular complexity index is 450. The van der Waals surface area contributed by atoms with Gasteiger partial charge in [0.15, 0.2) is 0 Å². The van der Waals surface area contributed by atoms with Crippen LogP contribution in [0.2, 0.25) is 5.02 Å². The number of halogens is 1. The lowest BCUT2D eigenvalue weighted by Gasteiger charge is -1.95. The van der Waals surface area contributed by atoms with Crippen LogP contribution in [0.25, 0.3) is 11.5 Å². The standard InChI is InChI=1S/C12H13ClN2O/c1-2-14-7-11-8-16-12(15-11)9-3-5-10(13)6-4-9/h3-6,8,14H,2,7H2,1H3. The Balaban J connectivity index is 2.15. The molecule has 0 aliphatic heterocycles. The highest BCUT2D eigenvalue weighted by Gasteiger charge is 2.05. The van der Waals surface area contributed by atoms with E-state index in [0.29, 0.717) is 10.9 Å². The zero-order chi connectivity index (χ0) is 11.4. The Hall–Kier alpha value is -1.32. The van der Waals surface area contributed by atoms with Crippen LogP contribution < -0.4 is 5.32 Å². The first-order valence-corrected chi connectivity index (χ1v) is 5.58. The maximum absolute atomic E-state index is 5.81. The van der Waals surface area contributed by atoms with Gasteiger partial charge in [-0.1, -0.05) is 18.5 Å². The Morgan fingerprint density at radius 2 is 2.06 bits per heavy atom. The number of rotatable bonds is 4. The van der Waals surface area contributed by atoms with Crippen molar-refractivity contribution in [1.29, 1.82) is 0 Å². The monoisotopic (exact) mass is 236 g/mol. The summed E-state index contributed by atoms with van der Waals surface area (Å²) in [7, 11) is 0. The molecule has 0 saturated carbocycles. The molecule has 0 bridgehead atoms. The first-order valence-electron chi connectivity index (χ1n) is 5.20. The van der Waals surface area contributed by atoms with Crippen LogP contribution in [-0.2, 0) is 6.54 Å². The maximum atomic E-state index is 5.81. The number of aromatic nitrogens is 1. The summed E-state index contributed by atoms with van der Waals surface area (Å²) in [6.45, 7) is 3.71. The van der Waals surface area contributed by atoms with Crippen molar-refractivity contribution < 1.29 is 4.42 Å². The molecule has 2 rings (SSSR count). The largest absolute Gasteiger partial charge is 0.444 e. The lowest BCUT2D eigenvalue weighted by atomic mass is 10.2. The minimum atomic E-state index is 0.629. The lowest BCUT2D eigenvalue weighted by Crippen LogP contribution is -2.11. The van der Waals surface area contributed by atoms with Crippen LogP contribution in [0.5, 0.6) is 0 Å². The minimum Gasteiger partial charge on any atom is -0.444 e. The average molecular weight is 237 g/mol. The zero-order valence-electron chi connectivity index (χ0n) is 9.03. The molecule has 4 heteroatoms. The van der Waals surface area contributed by atoms with E-state index in [1.807, 2.05) is 24.3 Å². The molecule has 1 aromatic heterocycles. The van der Waals surface area contributed by atoms with E-state index in [1.54, 1.807) is 6.26 Å². The quantitative estimate of drug-likeness (QED) is 0.887. The van der Waals surface area contributed by atoms with Gasteiger partial charge in [-0.3, -0.25) is 0 Å². The highest BCUT2D eigenvalue weighted by Crippen LogP contribution is 2.20. The van der Waals surface area contributed by atoms with Gasteiger partial charge in [0.05, 0.1) is 5.69 Å². The SMILES string of the molecule is CCNCc1coc(-c2ccc(Cl)cc2)n1. The Labute approximate surface area is 99.5 Å². The first-order chi connectivity index (χ1) is 7.79. The smallest absolute Gasteiger partial charge is 0.226 e. The van der Waals surface area contributed by atoms with Crippen molar-refractivity contribution in [2.45, 2.75) is 13.5 Å². The van der Waals surface area contributed by atoms with Crippen LogP contribution in [0.4, 0.5) is 0 Å². The average Bonchev–Trinajstić information content (AvgIpc) is 2.76. The van der Waals surface area contributed by atoms with Crippen molar-refractivity contribution in [2.24, 2.45) is 0 Å². The van der Waals surface area contributed by atoms with E-state index < -0.39 is 0 Å². The normalized spacial score (nSPS) is 10.6. The molecule has 84 valence electrons. The third-order valence-corrected chi connectivity index (χ3v) is 2.45. The first kappa shape index (κ1) is 11.2. The molecule has 16 heavy (non-hydrogen) atoms. The van der Waals surface area contributed by atoms with Crippen molar-refractivity contribution in [3.8, 4) is 11.5 Å². The molecule has 2 aromatic rings. The molecule has 0 aliphatic carbocycles. The molecule has 1 aromatic carbocycles. The summed E-state index contributed by atoms with van der Waals surface area (Å²) in [6.07, 6.45) is 1.67. The van der Waals surface area contributed by atoms with E-state index in [1.165, 1.54) is 0 Å². The Kier molecular flexibility index (Phi) is 3.59. The highest BCUT2D eigenvalue weighted by atomic mass is 35.5. The summed E-state index contributed by atoms with van der Waals surface area (Å²) in [6, 6.07) is 7.44. The van der Waals surface area contributed by atoms with Crippen molar-refractivity contribution in [3.05, 3.63) is 41.2 Å². The van der Waals surface area contributed by atoms with Gasteiger partial charge in [-0.2, -0.15) is 0 Å². The van der Waals surface area contributed by atoms with E-state index in [9.17, 15) is 0 Å². The molecule has 0 spiro atoms. The Morgan fingerprint density at radius 1 is 1.31 bits per heavy atom. The third-order valence-electron chi connectivity index (χ3n) is 2.20. The van der Waals surface area contributed by atoms with E-state index in [2.05, 4.69) is 17.2 Å². The topological polar surface area (TPSA) is 38.1 Å². The summed E-state index contributed by atoms with van der Waals surface area (Å²) < 4.78 is 5.39. The second-order valence-corrected chi connectivity index (χ2v) is 3.87. The van der Waals surface area contributed by atoms with E-state index in [0.717, 1.165) is 24.3 Å². The second-order valence-electron chi connectivity index (χ2n) is 3.43. The molecule has 0 atom stereocenters. The molecule has 0 amide bonds. The van der Waals surface area contributed by atoms with Gasteiger partial charge in [0.2, 0.25) is 5.89 Å². The van der Waals surface area contributed by atoms with Crippen LogP contribution in [0, 0.1) is 0 Å². The van der Waals surface area contributed by atoms with Crippen LogP contribution in [0.15, 0.2) is 34.9 Å². The van der Waals surface area contributed by atoms with Crippen LogP contribution in [0.1, 0.15) is 12.6 Å². The predicted octanol–water partition coefficient (Wildman–Crippen LogP) is 3.10. The summed E-state index contributed by atoms with van der Waals surface area (Å²) in [5.41, 5.74) is 1.85. The molecule has 1 N–H and O–H groups in total. The van der Waals surface area contributed by atoms with Crippen LogP contribution >= 0.6 is 11.6 Å². The van der Waals surface area contributed by atoms with E-state index in [-0.39, 0.29) is 0 Å². The number of hydrogen-bond acceptors (Lipinski definition) is 3. The fraction of sp³-hybridized carbons (Fsp3) is 0.250. The molecule has 0 radical (unpaired) electrons. The summed E-state index contributed by atoms with van der Waals surface area (Å²) in [5.74, 6) is 0.629. The fourth-order valence-corrected chi connectivity index (χ4v) is 1.49. The molecular formula is C12H13ClN2O.